The minimum absolute atomic E-state index is 0.101. The molecule has 0 saturated heterocycles. The van der Waals surface area contributed by atoms with Crippen molar-refractivity contribution in [1.82, 2.24) is 0 Å². The summed E-state index contributed by atoms with van der Waals surface area (Å²) in [4.78, 5) is 2.37. The fourth-order valence-corrected chi connectivity index (χ4v) is 8.55. The van der Waals surface area contributed by atoms with E-state index in [2.05, 4.69) is 154 Å². The Morgan fingerprint density at radius 2 is 0.941 bits per heavy atom. The third-order valence-corrected chi connectivity index (χ3v) is 11.5. The van der Waals surface area contributed by atoms with Crippen molar-refractivity contribution >= 4 is 17.1 Å². The van der Waals surface area contributed by atoms with Gasteiger partial charge in [-0.25, -0.2) is 0 Å². The van der Waals surface area contributed by atoms with Gasteiger partial charge in [0, 0.05) is 22.5 Å². The van der Waals surface area contributed by atoms with Crippen molar-refractivity contribution in [3.05, 3.63) is 138 Å². The Kier molecular flexibility index (Phi) is 12.9. The molecule has 0 radical (unpaired) electrons. The van der Waals surface area contributed by atoms with Gasteiger partial charge >= 0.3 is 0 Å². The van der Waals surface area contributed by atoms with E-state index in [0.717, 1.165) is 0 Å². The minimum atomic E-state index is 0.101. The molecule has 1 nitrogen and oxygen atoms in total. The summed E-state index contributed by atoms with van der Waals surface area (Å²) in [5.74, 6) is 0.513. The van der Waals surface area contributed by atoms with Crippen LogP contribution >= 0.6 is 0 Å². The number of hydrogen-bond acceptors (Lipinski definition) is 1. The zero-order valence-electron chi connectivity index (χ0n) is 32.0. The van der Waals surface area contributed by atoms with Crippen molar-refractivity contribution in [1.29, 1.82) is 0 Å². The van der Waals surface area contributed by atoms with Gasteiger partial charge in [-0.15, -0.1) is 0 Å². The van der Waals surface area contributed by atoms with Gasteiger partial charge in [-0.05, 0) is 100 Å². The summed E-state index contributed by atoms with van der Waals surface area (Å²) in [6.45, 7) is 9.15. The number of unbranched alkanes of at least 4 members (excludes halogenated alkanes) is 10. The molecule has 0 atom stereocenters. The number of rotatable bonds is 19. The van der Waals surface area contributed by atoms with Gasteiger partial charge in [0.2, 0.25) is 0 Å². The van der Waals surface area contributed by atoms with Crippen LogP contribution in [0.15, 0.2) is 121 Å². The molecule has 0 unspecified atom stereocenters. The highest BCUT2D eigenvalue weighted by molar-refractivity contribution is 5.85. The Morgan fingerprint density at radius 1 is 0.451 bits per heavy atom. The second-order valence-corrected chi connectivity index (χ2v) is 15.4. The van der Waals surface area contributed by atoms with E-state index in [4.69, 9.17) is 0 Å². The van der Waals surface area contributed by atoms with Crippen LogP contribution in [0.3, 0.4) is 0 Å². The molecule has 5 aromatic carbocycles. The van der Waals surface area contributed by atoms with Gasteiger partial charge < -0.3 is 4.90 Å². The van der Waals surface area contributed by atoms with Gasteiger partial charge in [-0.1, -0.05) is 184 Å². The van der Waals surface area contributed by atoms with E-state index in [1.807, 2.05) is 0 Å². The van der Waals surface area contributed by atoms with E-state index in [0.29, 0.717) is 5.92 Å². The van der Waals surface area contributed by atoms with Gasteiger partial charge in [0.25, 0.3) is 0 Å². The van der Waals surface area contributed by atoms with E-state index in [9.17, 15) is 0 Å². The van der Waals surface area contributed by atoms with Crippen LogP contribution in [0, 0.1) is 0 Å². The van der Waals surface area contributed by atoms with Crippen LogP contribution < -0.4 is 4.90 Å². The molecule has 0 spiro atoms. The SMILES string of the molecule is CCCCCCCCC1(CCCCCCCC)c2ccccc2-c2ccc(-c3ccc(N(c4ccccc4)c4ccc(C(C)C)cc4)cc3)cc21. The third kappa shape index (κ3) is 8.52. The van der Waals surface area contributed by atoms with Gasteiger partial charge in [0.15, 0.2) is 0 Å². The van der Waals surface area contributed by atoms with Gasteiger partial charge in [0.05, 0.1) is 0 Å². The lowest BCUT2D eigenvalue weighted by atomic mass is 9.70. The Morgan fingerprint density at radius 3 is 1.55 bits per heavy atom. The van der Waals surface area contributed by atoms with Gasteiger partial charge in [-0.3, -0.25) is 0 Å². The minimum Gasteiger partial charge on any atom is -0.311 e. The lowest BCUT2D eigenvalue weighted by molar-refractivity contribution is 0.398. The Hall–Kier alpha value is -4.10. The molecule has 0 fully saturated rings. The van der Waals surface area contributed by atoms with Crippen molar-refractivity contribution < 1.29 is 0 Å². The summed E-state index contributed by atoms with van der Waals surface area (Å²) in [6, 6.07) is 45.9. The summed E-state index contributed by atoms with van der Waals surface area (Å²) in [5.41, 5.74) is 13.7. The molecule has 0 saturated carbocycles. The summed E-state index contributed by atoms with van der Waals surface area (Å²) >= 11 is 0. The van der Waals surface area contributed by atoms with Crippen molar-refractivity contribution in [2.75, 3.05) is 4.90 Å². The van der Waals surface area contributed by atoms with Crippen molar-refractivity contribution in [2.24, 2.45) is 0 Å². The molecule has 1 aliphatic rings. The predicted molar refractivity (Wildman–Crippen MR) is 223 cm³/mol. The summed E-state index contributed by atoms with van der Waals surface area (Å²) in [7, 11) is 0. The average molecular weight is 676 g/mol. The maximum absolute atomic E-state index is 2.58. The average Bonchev–Trinajstić information content (AvgIpc) is 3.44. The molecule has 6 rings (SSSR count). The number of hydrogen-bond donors (Lipinski definition) is 0. The van der Waals surface area contributed by atoms with Gasteiger partial charge in [0.1, 0.15) is 0 Å². The third-order valence-electron chi connectivity index (χ3n) is 11.5. The second-order valence-electron chi connectivity index (χ2n) is 15.4. The Labute approximate surface area is 310 Å². The highest BCUT2D eigenvalue weighted by atomic mass is 15.1. The number of nitrogens with zero attached hydrogens (tertiary/aromatic N) is 1. The molecule has 0 heterocycles. The zero-order chi connectivity index (χ0) is 35.5. The van der Waals surface area contributed by atoms with Crippen LogP contribution in [0.2, 0.25) is 0 Å². The standard InChI is InChI=1S/C50H61N/c1-5-7-9-11-13-20-36-50(37-21-14-12-10-8-6-2)48-25-19-18-24-46(48)47-35-30-42(38-49(47)50)41-28-33-45(34-29-41)51(43-22-16-15-17-23-43)44-31-26-40(27-32-44)39(3)4/h15-19,22-35,38-39H,5-14,20-21,36-37H2,1-4H3. The highest BCUT2D eigenvalue weighted by Crippen LogP contribution is 2.55. The summed E-state index contributed by atoms with van der Waals surface area (Å²) < 4.78 is 0. The molecule has 0 aliphatic heterocycles. The molecule has 0 N–H and O–H groups in total. The van der Waals surface area contributed by atoms with Crippen LogP contribution in [-0.4, -0.2) is 0 Å². The van der Waals surface area contributed by atoms with E-state index in [-0.39, 0.29) is 5.41 Å². The quantitative estimate of drug-likeness (QED) is 0.0788. The Bertz CT molecular complexity index is 1760. The molecule has 5 aromatic rings. The van der Waals surface area contributed by atoms with Crippen LogP contribution in [0.1, 0.15) is 140 Å². The summed E-state index contributed by atoms with van der Waals surface area (Å²) in [6.07, 6.45) is 18.6. The van der Waals surface area contributed by atoms with E-state index < -0.39 is 0 Å². The largest absolute Gasteiger partial charge is 0.311 e. The van der Waals surface area contributed by atoms with Crippen LogP contribution in [-0.2, 0) is 5.41 Å². The zero-order valence-corrected chi connectivity index (χ0v) is 32.0. The Balaban J connectivity index is 1.32. The first-order valence-electron chi connectivity index (χ1n) is 20.4. The fourth-order valence-electron chi connectivity index (χ4n) is 8.55. The fraction of sp³-hybridized carbons (Fsp3) is 0.400. The topological polar surface area (TPSA) is 3.24 Å². The molecule has 0 aromatic heterocycles. The second kappa shape index (κ2) is 17.9. The monoisotopic (exact) mass is 675 g/mol. The molecule has 1 aliphatic carbocycles. The lowest BCUT2D eigenvalue weighted by Gasteiger charge is -2.33. The molecule has 0 bridgehead atoms. The number of benzene rings is 5. The lowest BCUT2D eigenvalue weighted by Crippen LogP contribution is -2.25. The predicted octanol–water partition coefficient (Wildman–Crippen LogP) is 15.7. The molecule has 0 amide bonds. The number of fused-ring (bicyclic) bond motifs is 3. The van der Waals surface area contributed by atoms with Crippen molar-refractivity contribution in [3.63, 3.8) is 0 Å². The smallest absolute Gasteiger partial charge is 0.0462 e. The first-order valence-corrected chi connectivity index (χ1v) is 20.4. The molecule has 266 valence electrons. The number of anilines is 3. The van der Waals surface area contributed by atoms with E-state index in [1.54, 1.807) is 11.1 Å². The molecule has 1 heteroatoms. The van der Waals surface area contributed by atoms with Crippen molar-refractivity contribution in [2.45, 2.75) is 129 Å². The van der Waals surface area contributed by atoms with Gasteiger partial charge in [-0.2, -0.15) is 0 Å². The first-order chi connectivity index (χ1) is 25.1. The number of para-hydroxylation sites is 1. The maximum atomic E-state index is 2.58. The van der Waals surface area contributed by atoms with Crippen LogP contribution in [0.25, 0.3) is 22.3 Å². The summed E-state index contributed by atoms with van der Waals surface area (Å²) in [5, 5.41) is 0. The molecule has 51 heavy (non-hydrogen) atoms. The first kappa shape index (κ1) is 36.7. The van der Waals surface area contributed by atoms with Crippen molar-refractivity contribution in [3.8, 4) is 22.3 Å². The van der Waals surface area contributed by atoms with Crippen LogP contribution in [0.4, 0.5) is 17.1 Å². The normalized spacial score (nSPS) is 13.0. The molecular weight excluding hydrogens is 615 g/mol. The maximum Gasteiger partial charge on any atom is 0.0462 e. The van der Waals surface area contributed by atoms with Crippen LogP contribution in [0.5, 0.6) is 0 Å². The van der Waals surface area contributed by atoms with E-state index in [1.165, 1.54) is 135 Å². The van der Waals surface area contributed by atoms with E-state index >= 15 is 0 Å². The molecular formula is C50H61N. The highest BCUT2D eigenvalue weighted by Gasteiger charge is 2.42.